The molecule has 2 N–H and O–H groups in total. The fourth-order valence-corrected chi connectivity index (χ4v) is 2.01. The fourth-order valence-electron chi connectivity index (χ4n) is 1.14. The Bertz CT molecular complexity index is 432. The largest absolute Gasteiger partial charge is 0.369 e. The van der Waals surface area contributed by atoms with E-state index in [2.05, 4.69) is 4.98 Å². The van der Waals surface area contributed by atoms with Gasteiger partial charge in [-0.1, -0.05) is 11.6 Å². The summed E-state index contributed by atoms with van der Waals surface area (Å²) in [4.78, 5) is 4.00. The van der Waals surface area contributed by atoms with Crippen LogP contribution in [0, 0.1) is 0 Å². The summed E-state index contributed by atoms with van der Waals surface area (Å²) >= 11 is 7.33. The molecule has 2 heterocycles. The zero-order valence-corrected chi connectivity index (χ0v) is 8.56. The summed E-state index contributed by atoms with van der Waals surface area (Å²) in [7, 11) is 1.88. The van der Waals surface area contributed by atoms with Crippen molar-refractivity contribution in [3.8, 4) is 11.3 Å². The third-order valence-corrected chi connectivity index (χ3v) is 2.98. The van der Waals surface area contributed by atoms with Crippen molar-refractivity contribution in [3.05, 3.63) is 22.0 Å². The van der Waals surface area contributed by atoms with Gasteiger partial charge in [-0.25, -0.2) is 4.98 Å². The van der Waals surface area contributed by atoms with Crippen LogP contribution in [0.4, 0.5) is 5.95 Å². The van der Waals surface area contributed by atoms with Gasteiger partial charge in [0.2, 0.25) is 0 Å². The quantitative estimate of drug-likeness (QED) is 0.791. The Morgan fingerprint density at radius 2 is 2.38 bits per heavy atom. The molecule has 0 fully saturated rings. The lowest BCUT2D eigenvalue weighted by Crippen LogP contribution is -1.97. The van der Waals surface area contributed by atoms with Gasteiger partial charge in [-0.2, -0.15) is 0 Å². The van der Waals surface area contributed by atoms with Gasteiger partial charge in [0.05, 0.1) is 16.2 Å². The topological polar surface area (TPSA) is 43.8 Å². The number of thiophene rings is 1. The Balaban J connectivity index is 2.52. The van der Waals surface area contributed by atoms with Gasteiger partial charge in [-0.3, -0.25) is 0 Å². The van der Waals surface area contributed by atoms with Crippen LogP contribution in [0.5, 0.6) is 0 Å². The highest BCUT2D eigenvalue weighted by molar-refractivity contribution is 7.14. The van der Waals surface area contributed by atoms with E-state index in [4.69, 9.17) is 17.3 Å². The predicted molar refractivity (Wildman–Crippen MR) is 55.9 cm³/mol. The number of halogens is 1. The van der Waals surface area contributed by atoms with Gasteiger partial charge < -0.3 is 10.3 Å². The minimum absolute atomic E-state index is 0.511. The van der Waals surface area contributed by atoms with Gasteiger partial charge in [0.25, 0.3) is 0 Å². The first-order valence-electron chi connectivity index (χ1n) is 3.70. The molecular formula is C8H8ClN3S. The van der Waals surface area contributed by atoms with E-state index in [0.29, 0.717) is 5.95 Å². The lowest BCUT2D eigenvalue weighted by atomic mass is 10.3. The second-order valence-corrected chi connectivity index (χ2v) is 4.24. The van der Waals surface area contributed by atoms with Crippen LogP contribution in [-0.4, -0.2) is 9.55 Å². The molecule has 0 aliphatic heterocycles. The van der Waals surface area contributed by atoms with E-state index in [9.17, 15) is 0 Å². The average molecular weight is 214 g/mol. The molecule has 0 saturated heterocycles. The summed E-state index contributed by atoms with van der Waals surface area (Å²) in [6, 6.07) is 1.91. The zero-order valence-electron chi connectivity index (χ0n) is 6.99. The smallest absolute Gasteiger partial charge is 0.200 e. The highest BCUT2D eigenvalue weighted by Crippen LogP contribution is 2.28. The second-order valence-electron chi connectivity index (χ2n) is 2.70. The molecule has 2 aromatic rings. The van der Waals surface area contributed by atoms with Crippen LogP contribution >= 0.6 is 22.9 Å². The maximum atomic E-state index is 5.83. The third-order valence-electron chi connectivity index (χ3n) is 1.89. The summed E-state index contributed by atoms with van der Waals surface area (Å²) in [5.74, 6) is 0.511. The number of nitrogens with two attached hydrogens (primary N) is 1. The molecule has 68 valence electrons. The van der Waals surface area contributed by atoms with E-state index in [1.807, 2.05) is 23.1 Å². The number of nitrogen functional groups attached to an aromatic ring is 1. The van der Waals surface area contributed by atoms with E-state index in [1.54, 1.807) is 6.20 Å². The first kappa shape index (κ1) is 8.59. The highest BCUT2D eigenvalue weighted by Gasteiger charge is 2.07. The lowest BCUT2D eigenvalue weighted by molar-refractivity contribution is 0.939. The van der Waals surface area contributed by atoms with Gasteiger partial charge in [0, 0.05) is 18.0 Å². The molecule has 2 aromatic heterocycles. The van der Waals surface area contributed by atoms with Gasteiger partial charge in [0.15, 0.2) is 5.95 Å². The number of imidazole rings is 1. The van der Waals surface area contributed by atoms with Crippen molar-refractivity contribution in [3.63, 3.8) is 0 Å². The van der Waals surface area contributed by atoms with Crippen molar-refractivity contribution < 1.29 is 0 Å². The van der Waals surface area contributed by atoms with Crippen LogP contribution in [-0.2, 0) is 7.05 Å². The molecule has 0 aliphatic carbocycles. The first-order chi connectivity index (χ1) is 6.18. The van der Waals surface area contributed by atoms with Crippen molar-refractivity contribution in [1.82, 2.24) is 9.55 Å². The molecule has 2 rings (SSSR count). The number of aromatic nitrogens is 2. The molecule has 0 saturated carbocycles. The van der Waals surface area contributed by atoms with E-state index < -0.39 is 0 Å². The normalized spacial score (nSPS) is 10.6. The van der Waals surface area contributed by atoms with Crippen molar-refractivity contribution in [2.45, 2.75) is 0 Å². The Hall–Kier alpha value is -1.00. The van der Waals surface area contributed by atoms with Crippen LogP contribution in [0.15, 0.2) is 17.6 Å². The molecule has 0 radical (unpaired) electrons. The molecule has 0 unspecified atom stereocenters. The van der Waals surface area contributed by atoms with Crippen LogP contribution in [0.25, 0.3) is 11.3 Å². The van der Waals surface area contributed by atoms with Crippen molar-refractivity contribution in [2.24, 2.45) is 7.05 Å². The molecule has 0 atom stereocenters. The van der Waals surface area contributed by atoms with Crippen LogP contribution in [0.2, 0.25) is 4.34 Å². The molecule has 0 bridgehead atoms. The Labute approximate surface area is 84.8 Å². The molecule has 13 heavy (non-hydrogen) atoms. The predicted octanol–water partition coefficient (Wildman–Crippen LogP) is 2.38. The number of anilines is 1. The summed E-state index contributed by atoms with van der Waals surface area (Å²) in [5, 5.41) is 1.98. The first-order valence-corrected chi connectivity index (χ1v) is 4.96. The number of nitrogens with zero attached hydrogens (tertiary/aromatic N) is 2. The van der Waals surface area contributed by atoms with Crippen LogP contribution < -0.4 is 5.73 Å². The third kappa shape index (κ3) is 1.43. The Kier molecular flexibility index (Phi) is 2.01. The van der Waals surface area contributed by atoms with Crippen molar-refractivity contribution >= 4 is 28.9 Å². The monoisotopic (exact) mass is 213 g/mol. The Morgan fingerprint density at radius 3 is 2.85 bits per heavy atom. The summed E-state index contributed by atoms with van der Waals surface area (Å²) in [6.45, 7) is 0. The maximum Gasteiger partial charge on any atom is 0.200 e. The van der Waals surface area contributed by atoms with Gasteiger partial charge >= 0.3 is 0 Å². The minimum Gasteiger partial charge on any atom is -0.369 e. The Morgan fingerprint density at radius 1 is 1.62 bits per heavy atom. The minimum atomic E-state index is 0.511. The van der Waals surface area contributed by atoms with E-state index >= 15 is 0 Å². The summed E-state index contributed by atoms with van der Waals surface area (Å²) in [6.07, 6.45) is 1.74. The van der Waals surface area contributed by atoms with Gasteiger partial charge in [0.1, 0.15) is 0 Å². The molecule has 5 heteroatoms. The fraction of sp³-hybridized carbons (Fsp3) is 0.125. The summed E-state index contributed by atoms with van der Waals surface area (Å²) in [5.41, 5.74) is 7.65. The maximum absolute atomic E-state index is 5.83. The molecular weight excluding hydrogens is 206 g/mol. The number of rotatable bonds is 1. The zero-order chi connectivity index (χ0) is 9.42. The van der Waals surface area contributed by atoms with E-state index in [-0.39, 0.29) is 0 Å². The molecule has 0 amide bonds. The molecule has 3 nitrogen and oxygen atoms in total. The van der Waals surface area contributed by atoms with E-state index in [1.165, 1.54) is 11.3 Å². The molecule has 0 spiro atoms. The second kappa shape index (κ2) is 3.05. The van der Waals surface area contributed by atoms with Crippen molar-refractivity contribution in [1.29, 1.82) is 0 Å². The van der Waals surface area contributed by atoms with Gasteiger partial charge in [-0.05, 0) is 6.07 Å². The average Bonchev–Trinajstić information content (AvgIpc) is 2.62. The van der Waals surface area contributed by atoms with Crippen LogP contribution in [0.3, 0.4) is 0 Å². The lowest BCUT2D eigenvalue weighted by Gasteiger charge is -1.99. The number of hydrogen-bond donors (Lipinski definition) is 1. The molecule has 0 aromatic carbocycles. The highest BCUT2D eigenvalue weighted by atomic mass is 35.5. The number of hydrogen-bond acceptors (Lipinski definition) is 3. The van der Waals surface area contributed by atoms with Crippen molar-refractivity contribution in [2.75, 3.05) is 5.73 Å². The SMILES string of the molecule is Cn1c(-c2csc(Cl)c2)cnc1N. The van der Waals surface area contributed by atoms with E-state index in [0.717, 1.165) is 15.6 Å². The summed E-state index contributed by atoms with van der Waals surface area (Å²) < 4.78 is 2.60. The standard InChI is InChI=1S/C8H8ClN3S/c1-12-6(3-11-8(12)10)5-2-7(9)13-4-5/h2-4H,1H3,(H2,10,11). The molecule has 0 aliphatic rings. The van der Waals surface area contributed by atoms with Gasteiger partial charge in [-0.15, -0.1) is 11.3 Å². The van der Waals surface area contributed by atoms with Crippen LogP contribution in [0.1, 0.15) is 0 Å².